The van der Waals surface area contributed by atoms with Gasteiger partial charge in [-0.15, -0.1) is 11.3 Å². The predicted octanol–water partition coefficient (Wildman–Crippen LogP) is 2.29. The van der Waals surface area contributed by atoms with Crippen LogP contribution in [0, 0.1) is 0 Å². The minimum absolute atomic E-state index is 0.360. The molecule has 2 rings (SSSR count). The summed E-state index contributed by atoms with van der Waals surface area (Å²) in [5.41, 5.74) is 6.74. The number of carboxylic acid groups (broad SMARTS) is 1. The number of hydrogen-bond acceptors (Lipinski definition) is 5. The van der Waals surface area contributed by atoms with Crippen LogP contribution in [0.15, 0.2) is 29.6 Å². The normalized spacial score (nSPS) is 12.1. The average molecular weight is 278 g/mol. The number of thiazole rings is 1. The molecular weight excluding hydrogens is 264 g/mol. The monoisotopic (exact) mass is 278 g/mol. The van der Waals surface area contributed by atoms with Gasteiger partial charge in [-0.05, 0) is 19.1 Å². The third-order valence-electron chi connectivity index (χ3n) is 2.52. The summed E-state index contributed by atoms with van der Waals surface area (Å²) >= 11 is 1.35. The molecule has 0 saturated carbocycles. The van der Waals surface area contributed by atoms with Crippen LogP contribution in [0.5, 0.6) is 5.75 Å². The van der Waals surface area contributed by atoms with E-state index in [1.807, 2.05) is 31.2 Å². The summed E-state index contributed by atoms with van der Waals surface area (Å²) in [6, 6.07) is 6.42. The summed E-state index contributed by atoms with van der Waals surface area (Å²) in [5, 5.41) is 11.2. The number of carbonyl (C=O) groups is 1. The van der Waals surface area contributed by atoms with Crippen molar-refractivity contribution in [3.63, 3.8) is 0 Å². The van der Waals surface area contributed by atoms with Crippen molar-refractivity contribution in [2.24, 2.45) is 5.73 Å². The van der Waals surface area contributed by atoms with Crippen LogP contribution in [0.1, 0.15) is 18.7 Å². The Morgan fingerprint density at radius 1 is 1.53 bits per heavy atom. The lowest BCUT2D eigenvalue weighted by Crippen LogP contribution is -2.20. The quantitative estimate of drug-likeness (QED) is 0.876. The Balaban J connectivity index is 2.35. The first kappa shape index (κ1) is 13.5. The highest BCUT2D eigenvalue weighted by atomic mass is 32.1. The van der Waals surface area contributed by atoms with Gasteiger partial charge in [0.25, 0.3) is 0 Å². The molecule has 0 radical (unpaired) electrons. The number of hydrogen-bond donors (Lipinski definition) is 2. The van der Waals surface area contributed by atoms with E-state index in [1.165, 1.54) is 11.3 Å². The number of aromatic nitrogens is 1. The fourth-order valence-corrected chi connectivity index (χ4v) is 2.49. The van der Waals surface area contributed by atoms with Crippen molar-refractivity contribution in [3.8, 4) is 16.3 Å². The molecule has 19 heavy (non-hydrogen) atoms. The largest absolute Gasteiger partial charge is 0.493 e. The standard InChI is InChI=1S/C13H14N2O3S/c1-2-18-10-6-4-3-5-8(10)12-15-9(7-19-12)11(14)13(16)17/h3-7,11H,2,14H2,1H3,(H,16,17). The molecule has 1 aromatic heterocycles. The summed E-state index contributed by atoms with van der Waals surface area (Å²) < 4.78 is 5.53. The lowest BCUT2D eigenvalue weighted by molar-refractivity contribution is -0.138. The van der Waals surface area contributed by atoms with E-state index < -0.39 is 12.0 Å². The van der Waals surface area contributed by atoms with E-state index in [9.17, 15) is 4.79 Å². The Morgan fingerprint density at radius 3 is 2.95 bits per heavy atom. The topological polar surface area (TPSA) is 85.4 Å². The minimum atomic E-state index is -1.09. The molecule has 0 aliphatic carbocycles. The second-order valence-electron chi connectivity index (χ2n) is 3.82. The Morgan fingerprint density at radius 2 is 2.26 bits per heavy atom. The average Bonchev–Trinajstić information content (AvgIpc) is 2.88. The number of para-hydroxylation sites is 1. The first-order valence-corrected chi connectivity index (χ1v) is 6.67. The fourth-order valence-electron chi connectivity index (χ4n) is 1.60. The number of aliphatic carboxylic acids is 1. The molecule has 0 amide bonds. The van der Waals surface area contributed by atoms with Gasteiger partial charge >= 0.3 is 5.97 Å². The van der Waals surface area contributed by atoms with Crippen molar-refractivity contribution < 1.29 is 14.6 Å². The van der Waals surface area contributed by atoms with E-state index in [0.717, 1.165) is 11.3 Å². The maximum absolute atomic E-state index is 10.8. The molecule has 0 bridgehead atoms. The Kier molecular flexibility index (Phi) is 4.13. The van der Waals surface area contributed by atoms with Crippen LogP contribution in [0.2, 0.25) is 0 Å². The van der Waals surface area contributed by atoms with Crippen LogP contribution in [-0.4, -0.2) is 22.7 Å². The van der Waals surface area contributed by atoms with Crippen molar-refractivity contribution in [1.82, 2.24) is 4.98 Å². The summed E-state index contributed by atoms with van der Waals surface area (Å²) in [5.74, 6) is -0.357. The molecule has 100 valence electrons. The van der Waals surface area contributed by atoms with Gasteiger partial charge in [-0.25, -0.2) is 4.98 Å². The number of carboxylic acids is 1. The minimum Gasteiger partial charge on any atom is -0.493 e. The number of nitrogens with two attached hydrogens (primary N) is 1. The molecule has 1 unspecified atom stereocenters. The number of ether oxygens (including phenoxy) is 1. The zero-order valence-corrected chi connectivity index (χ0v) is 11.2. The third kappa shape index (κ3) is 2.91. The maximum atomic E-state index is 10.8. The van der Waals surface area contributed by atoms with Gasteiger partial charge in [0, 0.05) is 5.38 Å². The van der Waals surface area contributed by atoms with Gasteiger partial charge in [0.05, 0.1) is 17.9 Å². The van der Waals surface area contributed by atoms with Crippen molar-refractivity contribution in [1.29, 1.82) is 0 Å². The predicted molar refractivity (Wildman–Crippen MR) is 73.3 cm³/mol. The lowest BCUT2D eigenvalue weighted by atomic mass is 10.2. The molecule has 0 fully saturated rings. The van der Waals surface area contributed by atoms with Crippen molar-refractivity contribution in [2.45, 2.75) is 13.0 Å². The van der Waals surface area contributed by atoms with Gasteiger partial charge in [0.1, 0.15) is 16.8 Å². The molecule has 5 nitrogen and oxygen atoms in total. The van der Waals surface area contributed by atoms with Crippen LogP contribution in [0.3, 0.4) is 0 Å². The zero-order valence-electron chi connectivity index (χ0n) is 10.4. The van der Waals surface area contributed by atoms with Crippen LogP contribution in [0.25, 0.3) is 10.6 Å². The van der Waals surface area contributed by atoms with Crippen molar-refractivity contribution in [3.05, 3.63) is 35.3 Å². The maximum Gasteiger partial charge on any atom is 0.326 e. The van der Waals surface area contributed by atoms with Gasteiger partial charge in [0.2, 0.25) is 0 Å². The Bertz CT molecular complexity index is 583. The van der Waals surface area contributed by atoms with Gasteiger partial charge in [-0.1, -0.05) is 12.1 Å². The summed E-state index contributed by atoms with van der Waals surface area (Å²) in [6.45, 7) is 2.47. The third-order valence-corrected chi connectivity index (χ3v) is 3.42. The zero-order chi connectivity index (χ0) is 13.8. The second kappa shape index (κ2) is 5.81. The van der Waals surface area contributed by atoms with Crippen LogP contribution in [0.4, 0.5) is 0 Å². The van der Waals surface area contributed by atoms with E-state index in [2.05, 4.69) is 4.98 Å². The van der Waals surface area contributed by atoms with Gasteiger partial charge in [0.15, 0.2) is 0 Å². The highest BCUT2D eigenvalue weighted by molar-refractivity contribution is 7.13. The SMILES string of the molecule is CCOc1ccccc1-c1nc(C(N)C(=O)O)cs1. The highest BCUT2D eigenvalue weighted by Gasteiger charge is 2.19. The Labute approximate surface area is 114 Å². The summed E-state index contributed by atoms with van der Waals surface area (Å²) in [4.78, 5) is 15.1. The molecule has 0 aliphatic rings. The Hall–Kier alpha value is -1.92. The number of nitrogens with zero attached hydrogens (tertiary/aromatic N) is 1. The highest BCUT2D eigenvalue weighted by Crippen LogP contribution is 2.33. The number of benzene rings is 1. The van der Waals surface area contributed by atoms with E-state index in [1.54, 1.807) is 5.38 Å². The van der Waals surface area contributed by atoms with Crippen LogP contribution < -0.4 is 10.5 Å². The van der Waals surface area contributed by atoms with Crippen molar-refractivity contribution in [2.75, 3.05) is 6.61 Å². The van der Waals surface area contributed by atoms with Crippen LogP contribution in [-0.2, 0) is 4.79 Å². The van der Waals surface area contributed by atoms with Crippen LogP contribution >= 0.6 is 11.3 Å². The van der Waals surface area contributed by atoms with Gasteiger partial charge in [-0.3, -0.25) is 4.79 Å². The van der Waals surface area contributed by atoms with Crippen molar-refractivity contribution >= 4 is 17.3 Å². The molecule has 2 aromatic rings. The molecule has 1 atom stereocenters. The van der Waals surface area contributed by atoms with E-state index in [-0.39, 0.29) is 0 Å². The smallest absolute Gasteiger partial charge is 0.326 e. The van der Waals surface area contributed by atoms with E-state index in [4.69, 9.17) is 15.6 Å². The van der Waals surface area contributed by atoms with E-state index in [0.29, 0.717) is 17.3 Å². The first-order valence-electron chi connectivity index (χ1n) is 5.79. The molecule has 6 heteroatoms. The molecule has 0 saturated heterocycles. The fraction of sp³-hybridized carbons (Fsp3) is 0.231. The van der Waals surface area contributed by atoms with E-state index >= 15 is 0 Å². The molecule has 0 aliphatic heterocycles. The second-order valence-corrected chi connectivity index (χ2v) is 4.68. The molecule has 3 N–H and O–H groups in total. The van der Waals surface area contributed by atoms with Gasteiger partial charge < -0.3 is 15.6 Å². The molecule has 0 spiro atoms. The molecule has 1 aromatic carbocycles. The number of rotatable bonds is 5. The molecule has 1 heterocycles. The lowest BCUT2D eigenvalue weighted by Gasteiger charge is -2.07. The summed E-state index contributed by atoms with van der Waals surface area (Å²) in [7, 11) is 0. The summed E-state index contributed by atoms with van der Waals surface area (Å²) in [6.07, 6.45) is 0. The molecular formula is C13H14N2O3S. The first-order chi connectivity index (χ1) is 9.13. The van der Waals surface area contributed by atoms with Gasteiger partial charge in [-0.2, -0.15) is 0 Å².